The maximum Gasteiger partial charge on any atom is 0.449 e. The molecule has 0 bridgehead atoms. The number of nitrogens with one attached hydrogen (secondary N) is 1. The number of para-hydroxylation sites is 2. The van der Waals surface area contributed by atoms with Crippen molar-refractivity contribution in [2.24, 2.45) is 0 Å². The molecule has 30 heavy (non-hydrogen) atoms. The van der Waals surface area contributed by atoms with Crippen LogP contribution in [-0.2, 0) is 22.3 Å². The van der Waals surface area contributed by atoms with E-state index in [2.05, 4.69) is 15.2 Å². The summed E-state index contributed by atoms with van der Waals surface area (Å²) >= 11 is 0. The Labute approximate surface area is 171 Å². The smallest absolute Gasteiger partial charge is 0.389 e. The molecule has 164 valence electrons. The van der Waals surface area contributed by atoms with Gasteiger partial charge in [0.1, 0.15) is 6.54 Å². The van der Waals surface area contributed by atoms with Crippen LogP contribution in [0.4, 0.5) is 13.2 Å². The number of carbonyl (C=O) groups excluding carboxylic acids is 1. The number of ether oxygens (including phenoxy) is 1. The number of hydrogen-bond acceptors (Lipinski definition) is 5. The first kappa shape index (κ1) is 21.1. The molecule has 1 aliphatic heterocycles. The van der Waals surface area contributed by atoms with E-state index in [4.69, 9.17) is 4.74 Å². The van der Waals surface area contributed by atoms with Gasteiger partial charge >= 0.3 is 6.18 Å². The van der Waals surface area contributed by atoms with Crippen molar-refractivity contribution in [1.82, 2.24) is 19.8 Å². The van der Waals surface area contributed by atoms with E-state index in [0.29, 0.717) is 19.6 Å². The van der Waals surface area contributed by atoms with Crippen molar-refractivity contribution in [3.8, 4) is 0 Å². The van der Waals surface area contributed by atoms with Gasteiger partial charge in [0.2, 0.25) is 11.7 Å². The lowest BCUT2D eigenvalue weighted by atomic mass is 9.86. The number of rotatable bonds is 4. The molecule has 2 aromatic rings. The third kappa shape index (κ3) is 4.30. The highest BCUT2D eigenvalue weighted by atomic mass is 19.4. The van der Waals surface area contributed by atoms with Crippen LogP contribution in [0.5, 0.6) is 0 Å². The van der Waals surface area contributed by atoms with Gasteiger partial charge in [0.15, 0.2) is 0 Å². The largest absolute Gasteiger partial charge is 0.449 e. The van der Waals surface area contributed by atoms with E-state index < -0.39 is 36.6 Å². The van der Waals surface area contributed by atoms with Crippen molar-refractivity contribution in [1.29, 1.82) is 0 Å². The van der Waals surface area contributed by atoms with E-state index >= 15 is 0 Å². The summed E-state index contributed by atoms with van der Waals surface area (Å²) in [6, 6.07) is 5.61. The summed E-state index contributed by atoms with van der Waals surface area (Å²) in [6.07, 6.45) is -3.22. The third-order valence-electron chi connectivity index (χ3n) is 5.89. The van der Waals surface area contributed by atoms with Gasteiger partial charge in [-0.1, -0.05) is 12.1 Å². The SMILES string of the molecule is O=C(Cn1c(C(F)(F)F)nc2ccccc21)N[C@@H]1CCC[C@@H](N2CCOCC2)[C@@H]1O. The zero-order valence-electron chi connectivity index (χ0n) is 16.4. The number of aliphatic hydroxyl groups is 1. The monoisotopic (exact) mass is 426 g/mol. The number of halogens is 3. The molecule has 2 aliphatic rings. The van der Waals surface area contributed by atoms with Crippen LogP contribution in [0.15, 0.2) is 24.3 Å². The molecule has 0 unspecified atom stereocenters. The molecule has 0 radical (unpaired) electrons. The van der Waals surface area contributed by atoms with E-state index in [0.717, 1.165) is 30.5 Å². The number of aliphatic hydroxyl groups excluding tert-OH is 1. The second kappa shape index (κ2) is 8.52. The van der Waals surface area contributed by atoms with E-state index in [1.807, 2.05) is 0 Å². The zero-order chi connectivity index (χ0) is 21.3. The molecule has 7 nitrogen and oxygen atoms in total. The number of morpholine rings is 1. The lowest BCUT2D eigenvalue weighted by Gasteiger charge is -2.43. The van der Waals surface area contributed by atoms with Gasteiger partial charge in [-0.05, 0) is 31.4 Å². The summed E-state index contributed by atoms with van der Waals surface area (Å²) in [7, 11) is 0. The van der Waals surface area contributed by atoms with Crippen LogP contribution in [0, 0.1) is 0 Å². The van der Waals surface area contributed by atoms with Crippen molar-refractivity contribution in [3.05, 3.63) is 30.1 Å². The Bertz CT molecular complexity index is 895. The maximum absolute atomic E-state index is 13.4. The average Bonchev–Trinajstić information content (AvgIpc) is 3.09. The van der Waals surface area contributed by atoms with Crippen molar-refractivity contribution < 1.29 is 27.8 Å². The molecule has 2 fully saturated rings. The van der Waals surface area contributed by atoms with E-state index in [1.165, 1.54) is 12.1 Å². The predicted molar refractivity (Wildman–Crippen MR) is 103 cm³/mol. The van der Waals surface area contributed by atoms with Gasteiger partial charge < -0.3 is 19.7 Å². The van der Waals surface area contributed by atoms with Crippen molar-refractivity contribution in [2.45, 2.75) is 50.2 Å². The standard InChI is InChI=1S/C20H25F3N4O3/c21-20(22,23)19-25-13-4-1-2-6-15(13)27(19)12-17(28)24-14-5-3-7-16(18(14)29)26-8-10-30-11-9-26/h1-2,4,6,14,16,18,29H,3,5,7-12H2,(H,24,28)/t14-,16-,18-/m1/s1. The van der Waals surface area contributed by atoms with Crippen molar-refractivity contribution >= 4 is 16.9 Å². The quantitative estimate of drug-likeness (QED) is 0.779. The summed E-state index contributed by atoms with van der Waals surface area (Å²) in [5, 5.41) is 13.6. The first-order valence-corrected chi connectivity index (χ1v) is 10.2. The predicted octanol–water partition coefficient (Wildman–Crippen LogP) is 1.79. The van der Waals surface area contributed by atoms with Gasteiger partial charge in [0, 0.05) is 19.1 Å². The van der Waals surface area contributed by atoms with Crippen LogP contribution in [0.25, 0.3) is 11.0 Å². The number of alkyl halides is 3. The number of carbonyl (C=O) groups is 1. The topological polar surface area (TPSA) is 79.6 Å². The van der Waals surface area contributed by atoms with Crippen LogP contribution in [-0.4, -0.2) is 70.0 Å². The van der Waals surface area contributed by atoms with Crippen LogP contribution >= 0.6 is 0 Å². The first-order valence-electron chi connectivity index (χ1n) is 10.2. The number of imidazole rings is 1. The summed E-state index contributed by atoms with van der Waals surface area (Å²) in [5.74, 6) is -1.68. The maximum atomic E-state index is 13.4. The normalized spacial score (nSPS) is 26.1. The molecule has 2 heterocycles. The van der Waals surface area contributed by atoms with Gasteiger partial charge in [-0.25, -0.2) is 4.98 Å². The van der Waals surface area contributed by atoms with Crippen LogP contribution < -0.4 is 5.32 Å². The zero-order valence-corrected chi connectivity index (χ0v) is 16.4. The van der Waals surface area contributed by atoms with Crippen molar-refractivity contribution in [2.75, 3.05) is 26.3 Å². The Kier molecular flexibility index (Phi) is 5.99. The van der Waals surface area contributed by atoms with Gasteiger partial charge in [-0.2, -0.15) is 13.2 Å². The number of amides is 1. The highest BCUT2D eigenvalue weighted by molar-refractivity contribution is 5.81. The summed E-state index contributed by atoms with van der Waals surface area (Å²) in [4.78, 5) is 18.5. The first-order chi connectivity index (χ1) is 14.3. The van der Waals surface area contributed by atoms with Gasteiger partial charge in [-0.3, -0.25) is 9.69 Å². The second-order valence-corrected chi connectivity index (χ2v) is 7.82. The minimum Gasteiger partial charge on any atom is -0.389 e. The molecule has 0 spiro atoms. The molecule has 10 heteroatoms. The molecule has 4 rings (SSSR count). The Morgan fingerprint density at radius 2 is 1.97 bits per heavy atom. The fourth-order valence-corrected chi connectivity index (χ4v) is 4.47. The minimum atomic E-state index is -4.68. The van der Waals surface area contributed by atoms with Crippen molar-refractivity contribution in [3.63, 3.8) is 0 Å². The number of nitrogens with zero attached hydrogens (tertiary/aromatic N) is 3. The molecule has 2 N–H and O–H groups in total. The van der Waals surface area contributed by atoms with Gasteiger partial charge in [0.05, 0.1) is 36.4 Å². The van der Waals surface area contributed by atoms with Crippen LogP contribution in [0.3, 0.4) is 0 Å². The number of aromatic nitrogens is 2. The summed E-state index contributed by atoms with van der Waals surface area (Å²) in [5.41, 5.74) is 0.429. The fourth-order valence-electron chi connectivity index (χ4n) is 4.47. The molecule has 1 saturated heterocycles. The Hall–Kier alpha value is -2.17. The molecular weight excluding hydrogens is 401 g/mol. The average molecular weight is 426 g/mol. The van der Waals surface area contributed by atoms with E-state index in [1.54, 1.807) is 12.1 Å². The van der Waals surface area contributed by atoms with Gasteiger partial charge in [0.25, 0.3) is 0 Å². The molecule has 1 aliphatic carbocycles. The minimum absolute atomic E-state index is 0.0900. The molecular formula is C20H25F3N4O3. The fraction of sp³-hybridized carbons (Fsp3) is 0.600. The lowest BCUT2D eigenvalue weighted by molar-refractivity contribution is -0.147. The Balaban J connectivity index is 1.48. The number of hydrogen-bond donors (Lipinski definition) is 2. The van der Waals surface area contributed by atoms with E-state index in [9.17, 15) is 23.1 Å². The number of fused-ring (bicyclic) bond motifs is 1. The summed E-state index contributed by atoms with van der Waals surface area (Å²) < 4.78 is 46.6. The summed E-state index contributed by atoms with van der Waals surface area (Å²) in [6.45, 7) is 2.14. The number of benzene rings is 1. The molecule has 1 aromatic carbocycles. The lowest BCUT2D eigenvalue weighted by Crippen LogP contribution is -2.58. The highest BCUT2D eigenvalue weighted by Crippen LogP contribution is 2.31. The van der Waals surface area contributed by atoms with Gasteiger partial charge in [-0.15, -0.1) is 0 Å². The second-order valence-electron chi connectivity index (χ2n) is 7.82. The molecule has 1 aromatic heterocycles. The molecule has 3 atom stereocenters. The third-order valence-corrected chi connectivity index (χ3v) is 5.89. The Morgan fingerprint density at radius 3 is 2.70 bits per heavy atom. The molecule has 1 saturated carbocycles. The van der Waals surface area contributed by atoms with E-state index in [-0.39, 0.29) is 17.1 Å². The Morgan fingerprint density at radius 1 is 1.23 bits per heavy atom. The highest BCUT2D eigenvalue weighted by Gasteiger charge is 2.39. The molecule has 1 amide bonds. The van der Waals surface area contributed by atoms with Crippen LogP contribution in [0.2, 0.25) is 0 Å². The van der Waals surface area contributed by atoms with Crippen LogP contribution in [0.1, 0.15) is 25.1 Å².